The number of nitrogens with two attached hydrogens (primary N) is 1. The van der Waals surface area contributed by atoms with Crippen LogP contribution < -0.4 is 11.1 Å². The molecule has 1 saturated heterocycles. The van der Waals surface area contributed by atoms with Gasteiger partial charge in [0.1, 0.15) is 0 Å². The normalized spacial score (nSPS) is 34.2. The van der Waals surface area contributed by atoms with Crippen molar-refractivity contribution in [1.29, 1.82) is 5.26 Å². The summed E-state index contributed by atoms with van der Waals surface area (Å²) in [6.45, 7) is 1.47. The second kappa shape index (κ2) is 2.81. The van der Waals surface area contributed by atoms with Gasteiger partial charge in [-0.05, 0) is 6.42 Å². The molecule has 1 heterocycles. The van der Waals surface area contributed by atoms with Gasteiger partial charge in [-0.1, -0.05) is 0 Å². The van der Waals surface area contributed by atoms with Crippen molar-refractivity contribution in [3.8, 4) is 6.07 Å². The lowest BCUT2D eigenvalue weighted by molar-refractivity contribution is 0.609. The van der Waals surface area contributed by atoms with Crippen molar-refractivity contribution < 1.29 is 0 Å². The quantitative estimate of drug-likeness (QED) is 0.494. The first-order valence-electron chi connectivity index (χ1n) is 3.20. The van der Waals surface area contributed by atoms with Crippen LogP contribution in [0.3, 0.4) is 0 Å². The van der Waals surface area contributed by atoms with Crippen LogP contribution in [0.2, 0.25) is 0 Å². The lowest BCUT2D eigenvalue weighted by Crippen LogP contribution is -2.29. The maximum Gasteiger partial charge on any atom is 0.0669 e. The van der Waals surface area contributed by atoms with Gasteiger partial charge in [-0.3, -0.25) is 0 Å². The van der Waals surface area contributed by atoms with Crippen molar-refractivity contribution >= 4 is 0 Å². The van der Waals surface area contributed by atoms with E-state index in [1.54, 1.807) is 0 Å². The van der Waals surface area contributed by atoms with Gasteiger partial charge in [0.15, 0.2) is 0 Å². The molecule has 0 amide bonds. The van der Waals surface area contributed by atoms with E-state index in [-0.39, 0.29) is 5.92 Å². The van der Waals surface area contributed by atoms with Crippen LogP contribution in [0.1, 0.15) is 6.42 Å². The molecule has 0 spiro atoms. The highest BCUT2D eigenvalue weighted by Crippen LogP contribution is 2.10. The van der Waals surface area contributed by atoms with Gasteiger partial charge in [0, 0.05) is 19.1 Å². The van der Waals surface area contributed by atoms with Crippen molar-refractivity contribution in [2.45, 2.75) is 12.5 Å². The summed E-state index contributed by atoms with van der Waals surface area (Å²) < 4.78 is 0. The summed E-state index contributed by atoms with van der Waals surface area (Å²) in [6, 6.07) is 2.59. The number of hydrogen-bond donors (Lipinski definition) is 2. The van der Waals surface area contributed by atoms with Gasteiger partial charge >= 0.3 is 0 Å². The van der Waals surface area contributed by atoms with Crippen molar-refractivity contribution in [3.63, 3.8) is 0 Å². The molecule has 0 aromatic rings. The van der Waals surface area contributed by atoms with Crippen LogP contribution in [0.25, 0.3) is 0 Å². The first-order valence-corrected chi connectivity index (χ1v) is 3.20. The highest BCUT2D eigenvalue weighted by Gasteiger charge is 2.21. The standard InChI is InChI=1S/C6H11N3/c7-2-5-1-6(3-8)9-4-5/h5-6,9H,1,3-4,8H2/t5-,6+/m1/s1. The highest BCUT2D eigenvalue weighted by molar-refractivity contribution is 4.93. The number of hydrogen-bond acceptors (Lipinski definition) is 3. The third-order valence-electron chi connectivity index (χ3n) is 1.69. The monoisotopic (exact) mass is 125 g/mol. The second-order valence-corrected chi connectivity index (χ2v) is 2.40. The Labute approximate surface area is 54.8 Å². The van der Waals surface area contributed by atoms with Crippen molar-refractivity contribution in [1.82, 2.24) is 5.32 Å². The summed E-state index contributed by atoms with van der Waals surface area (Å²) in [5.41, 5.74) is 5.38. The summed E-state index contributed by atoms with van der Waals surface area (Å²) in [5.74, 6) is 0.193. The van der Waals surface area contributed by atoms with Crippen LogP contribution in [-0.4, -0.2) is 19.1 Å². The zero-order valence-corrected chi connectivity index (χ0v) is 5.30. The van der Waals surface area contributed by atoms with Crippen LogP contribution in [0.5, 0.6) is 0 Å². The van der Waals surface area contributed by atoms with Crippen molar-refractivity contribution in [2.24, 2.45) is 11.7 Å². The molecule has 0 aromatic carbocycles. The Morgan fingerprint density at radius 3 is 2.89 bits per heavy atom. The first kappa shape index (κ1) is 6.53. The molecule has 50 valence electrons. The SMILES string of the molecule is N#C[C@@H]1CN[C@H](CN)C1. The molecule has 0 aromatic heterocycles. The molecule has 3 nitrogen and oxygen atoms in total. The molecule has 0 saturated carbocycles. The maximum absolute atomic E-state index is 8.45. The van der Waals surface area contributed by atoms with Gasteiger partial charge in [-0.15, -0.1) is 0 Å². The van der Waals surface area contributed by atoms with Gasteiger partial charge in [0.05, 0.1) is 12.0 Å². The van der Waals surface area contributed by atoms with E-state index in [1.807, 2.05) is 0 Å². The van der Waals surface area contributed by atoms with E-state index in [0.717, 1.165) is 13.0 Å². The largest absolute Gasteiger partial charge is 0.329 e. The number of nitrogens with one attached hydrogen (secondary N) is 1. The Bertz CT molecular complexity index is 127. The van der Waals surface area contributed by atoms with Gasteiger partial charge in [-0.2, -0.15) is 5.26 Å². The van der Waals surface area contributed by atoms with Gasteiger partial charge in [-0.25, -0.2) is 0 Å². The molecule has 0 unspecified atom stereocenters. The summed E-state index contributed by atoms with van der Waals surface area (Å²) in [4.78, 5) is 0. The zero-order valence-electron chi connectivity index (χ0n) is 5.30. The zero-order chi connectivity index (χ0) is 6.69. The van der Waals surface area contributed by atoms with Crippen LogP contribution >= 0.6 is 0 Å². The molecule has 0 bridgehead atoms. The van der Waals surface area contributed by atoms with E-state index in [1.165, 1.54) is 0 Å². The molecule has 0 aliphatic carbocycles. The Balaban J connectivity index is 2.31. The minimum absolute atomic E-state index is 0.193. The Morgan fingerprint density at radius 2 is 2.56 bits per heavy atom. The lowest BCUT2D eigenvalue weighted by Gasteiger charge is -2.02. The average molecular weight is 125 g/mol. The molecular formula is C6H11N3. The summed E-state index contributed by atoms with van der Waals surface area (Å²) in [6.07, 6.45) is 0.924. The smallest absolute Gasteiger partial charge is 0.0669 e. The van der Waals surface area contributed by atoms with Crippen LogP contribution in [0.15, 0.2) is 0 Å². The fourth-order valence-electron chi connectivity index (χ4n) is 1.10. The van der Waals surface area contributed by atoms with E-state index in [4.69, 9.17) is 11.0 Å². The first-order chi connectivity index (χ1) is 4.36. The van der Waals surface area contributed by atoms with E-state index in [2.05, 4.69) is 11.4 Å². The number of nitriles is 1. The van der Waals surface area contributed by atoms with Crippen LogP contribution in [-0.2, 0) is 0 Å². The van der Waals surface area contributed by atoms with Crippen LogP contribution in [0.4, 0.5) is 0 Å². The second-order valence-electron chi connectivity index (χ2n) is 2.40. The molecule has 1 rings (SSSR count). The van der Waals surface area contributed by atoms with Crippen molar-refractivity contribution in [2.75, 3.05) is 13.1 Å². The topological polar surface area (TPSA) is 61.8 Å². The van der Waals surface area contributed by atoms with Gasteiger partial charge in [0.25, 0.3) is 0 Å². The highest BCUT2D eigenvalue weighted by atomic mass is 15.0. The van der Waals surface area contributed by atoms with Crippen molar-refractivity contribution in [3.05, 3.63) is 0 Å². The average Bonchev–Trinajstić information content (AvgIpc) is 2.34. The maximum atomic E-state index is 8.45. The van der Waals surface area contributed by atoms with E-state index in [0.29, 0.717) is 12.6 Å². The molecular weight excluding hydrogens is 114 g/mol. The molecule has 1 aliphatic rings. The van der Waals surface area contributed by atoms with E-state index >= 15 is 0 Å². The Kier molecular flexibility index (Phi) is 2.04. The van der Waals surface area contributed by atoms with E-state index in [9.17, 15) is 0 Å². The van der Waals surface area contributed by atoms with Gasteiger partial charge < -0.3 is 11.1 Å². The fraction of sp³-hybridized carbons (Fsp3) is 0.833. The summed E-state index contributed by atoms with van der Waals surface area (Å²) >= 11 is 0. The molecule has 0 radical (unpaired) electrons. The minimum atomic E-state index is 0.193. The third-order valence-corrected chi connectivity index (χ3v) is 1.69. The number of rotatable bonds is 1. The fourth-order valence-corrected chi connectivity index (χ4v) is 1.10. The third kappa shape index (κ3) is 1.41. The molecule has 3 N–H and O–H groups in total. The molecule has 1 fully saturated rings. The predicted molar refractivity (Wildman–Crippen MR) is 34.6 cm³/mol. The Hall–Kier alpha value is -0.590. The summed E-state index contributed by atoms with van der Waals surface area (Å²) in [7, 11) is 0. The Morgan fingerprint density at radius 1 is 1.78 bits per heavy atom. The molecule has 2 atom stereocenters. The minimum Gasteiger partial charge on any atom is -0.329 e. The predicted octanol–water partition coefficient (Wildman–Crippen LogP) is -0.553. The molecule has 1 aliphatic heterocycles. The van der Waals surface area contributed by atoms with E-state index < -0.39 is 0 Å². The number of nitrogens with zero attached hydrogens (tertiary/aromatic N) is 1. The van der Waals surface area contributed by atoms with Gasteiger partial charge in [0.2, 0.25) is 0 Å². The lowest BCUT2D eigenvalue weighted by atomic mass is 10.1. The summed E-state index contributed by atoms with van der Waals surface area (Å²) in [5, 5.41) is 11.6. The molecule has 3 heteroatoms. The molecule has 9 heavy (non-hydrogen) atoms. The van der Waals surface area contributed by atoms with Crippen LogP contribution in [0, 0.1) is 17.2 Å².